The summed E-state index contributed by atoms with van der Waals surface area (Å²) >= 11 is 1.41. The SMILES string of the molecule is CCn1c(=O)[nH]c2cc(CN3CCC(O)(c4ccc(C(=O)NC)nc4C)CC3)sc2c1=O. The van der Waals surface area contributed by atoms with Gasteiger partial charge in [-0.05, 0) is 38.8 Å². The molecule has 10 heteroatoms. The van der Waals surface area contributed by atoms with Gasteiger partial charge in [0, 0.05) is 49.4 Å². The normalized spacial score (nSPS) is 16.4. The molecule has 0 radical (unpaired) electrons. The molecule has 170 valence electrons. The molecular weight excluding hydrogens is 430 g/mol. The summed E-state index contributed by atoms with van der Waals surface area (Å²) in [6.07, 6.45) is 1.08. The number of amides is 1. The number of rotatable bonds is 5. The van der Waals surface area contributed by atoms with Crippen LogP contribution in [0.25, 0.3) is 10.2 Å². The van der Waals surface area contributed by atoms with E-state index in [4.69, 9.17) is 0 Å². The van der Waals surface area contributed by atoms with Gasteiger partial charge in [0.05, 0.1) is 11.1 Å². The van der Waals surface area contributed by atoms with Gasteiger partial charge < -0.3 is 15.4 Å². The summed E-state index contributed by atoms with van der Waals surface area (Å²) in [7, 11) is 1.56. The number of fused-ring (bicyclic) bond motifs is 1. The van der Waals surface area contributed by atoms with Gasteiger partial charge in [0.2, 0.25) is 0 Å². The van der Waals surface area contributed by atoms with Crippen molar-refractivity contribution in [1.82, 2.24) is 24.8 Å². The molecule has 0 atom stereocenters. The van der Waals surface area contributed by atoms with Crippen LogP contribution < -0.4 is 16.6 Å². The highest BCUT2D eigenvalue weighted by molar-refractivity contribution is 7.18. The number of hydrogen-bond acceptors (Lipinski definition) is 7. The summed E-state index contributed by atoms with van der Waals surface area (Å²) < 4.78 is 1.77. The summed E-state index contributed by atoms with van der Waals surface area (Å²) in [4.78, 5) is 46.8. The minimum Gasteiger partial charge on any atom is -0.385 e. The molecule has 1 saturated heterocycles. The van der Waals surface area contributed by atoms with Gasteiger partial charge in [-0.15, -0.1) is 11.3 Å². The van der Waals surface area contributed by atoms with Crippen LogP contribution in [0.15, 0.2) is 27.8 Å². The fraction of sp³-hybridized carbons (Fsp3) is 0.455. The first-order valence-electron chi connectivity index (χ1n) is 10.7. The van der Waals surface area contributed by atoms with E-state index in [0.717, 1.165) is 10.4 Å². The van der Waals surface area contributed by atoms with Crippen molar-refractivity contribution < 1.29 is 9.90 Å². The highest BCUT2D eigenvalue weighted by atomic mass is 32.1. The molecule has 9 nitrogen and oxygen atoms in total. The first-order chi connectivity index (χ1) is 15.3. The van der Waals surface area contributed by atoms with E-state index in [9.17, 15) is 19.5 Å². The Morgan fingerprint density at radius 1 is 1.31 bits per heavy atom. The number of piperidine rings is 1. The third-order valence-electron chi connectivity index (χ3n) is 6.14. The Morgan fingerprint density at radius 2 is 2.03 bits per heavy atom. The number of carbonyl (C=O) groups excluding carboxylic acids is 1. The minimum absolute atomic E-state index is 0.251. The van der Waals surface area contributed by atoms with Crippen molar-refractivity contribution in [2.24, 2.45) is 0 Å². The molecule has 1 fully saturated rings. The van der Waals surface area contributed by atoms with E-state index in [1.165, 1.54) is 15.9 Å². The lowest BCUT2D eigenvalue weighted by Crippen LogP contribution is -2.42. The van der Waals surface area contributed by atoms with Crippen LogP contribution in [0.1, 0.15) is 46.4 Å². The number of carbonyl (C=O) groups is 1. The molecule has 3 N–H and O–H groups in total. The van der Waals surface area contributed by atoms with E-state index in [-0.39, 0.29) is 17.2 Å². The highest BCUT2D eigenvalue weighted by Crippen LogP contribution is 2.35. The van der Waals surface area contributed by atoms with Crippen LogP contribution in [0.5, 0.6) is 0 Å². The number of nitrogens with one attached hydrogen (secondary N) is 2. The molecule has 3 aromatic rings. The molecule has 0 unspecified atom stereocenters. The van der Waals surface area contributed by atoms with Crippen molar-refractivity contribution in [2.75, 3.05) is 20.1 Å². The molecule has 32 heavy (non-hydrogen) atoms. The second-order valence-corrected chi connectivity index (χ2v) is 9.29. The monoisotopic (exact) mass is 457 g/mol. The fourth-order valence-electron chi connectivity index (χ4n) is 4.33. The largest absolute Gasteiger partial charge is 0.385 e. The number of hydrogen-bond donors (Lipinski definition) is 3. The van der Waals surface area contributed by atoms with E-state index < -0.39 is 5.60 Å². The quantitative estimate of drug-likeness (QED) is 0.532. The number of nitrogens with zero attached hydrogens (tertiary/aromatic N) is 3. The number of likely N-dealkylation sites (tertiary alicyclic amines) is 1. The molecule has 0 bridgehead atoms. The average molecular weight is 458 g/mol. The maximum Gasteiger partial charge on any atom is 0.328 e. The molecule has 0 aromatic carbocycles. The van der Waals surface area contributed by atoms with E-state index >= 15 is 0 Å². The number of aromatic nitrogens is 3. The average Bonchev–Trinajstić information content (AvgIpc) is 3.17. The summed E-state index contributed by atoms with van der Waals surface area (Å²) in [6, 6.07) is 5.31. The molecule has 4 heterocycles. The summed E-state index contributed by atoms with van der Waals surface area (Å²) in [6.45, 7) is 5.92. The minimum atomic E-state index is -0.991. The standard InChI is InChI=1S/C22H27N5O4S/c1-4-27-20(29)18-17(25-21(27)30)11-14(32-18)12-26-9-7-22(31,8-10-26)15-5-6-16(19(28)23-3)24-13(15)2/h5-6,11,31H,4,7-10,12H2,1-3H3,(H,23,28)(H,25,30). The molecule has 3 aromatic heterocycles. The summed E-state index contributed by atoms with van der Waals surface area (Å²) in [5.41, 5.74) is 0.695. The fourth-order valence-corrected chi connectivity index (χ4v) is 5.44. The topological polar surface area (TPSA) is 120 Å². The van der Waals surface area contributed by atoms with Crippen LogP contribution in [0.3, 0.4) is 0 Å². The number of aryl methyl sites for hydroxylation is 1. The molecule has 0 aliphatic carbocycles. The Morgan fingerprint density at radius 3 is 2.66 bits per heavy atom. The van der Waals surface area contributed by atoms with Gasteiger partial charge in [-0.2, -0.15) is 0 Å². The molecule has 1 amide bonds. The van der Waals surface area contributed by atoms with E-state index in [1.54, 1.807) is 26.1 Å². The number of H-pyrrole nitrogens is 1. The zero-order chi connectivity index (χ0) is 23.0. The molecule has 4 rings (SSSR count). The van der Waals surface area contributed by atoms with Gasteiger partial charge in [-0.1, -0.05) is 6.07 Å². The van der Waals surface area contributed by atoms with Crippen molar-refractivity contribution >= 4 is 27.5 Å². The predicted molar refractivity (Wildman–Crippen MR) is 123 cm³/mol. The molecule has 1 aliphatic rings. The van der Waals surface area contributed by atoms with Crippen LogP contribution in [-0.4, -0.2) is 50.6 Å². The van der Waals surface area contributed by atoms with Gasteiger partial charge in [0.25, 0.3) is 11.5 Å². The lowest BCUT2D eigenvalue weighted by molar-refractivity contribution is -0.0283. The number of aromatic amines is 1. The first-order valence-corrected chi connectivity index (χ1v) is 11.5. The Kier molecular flexibility index (Phi) is 6.02. The number of pyridine rings is 1. The van der Waals surface area contributed by atoms with Crippen LogP contribution in [0.2, 0.25) is 0 Å². The molecule has 0 saturated carbocycles. The van der Waals surface area contributed by atoms with Gasteiger partial charge in [0.15, 0.2) is 0 Å². The molecular formula is C22H27N5O4S. The lowest BCUT2D eigenvalue weighted by Gasteiger charge is -2.38. The van der Waals surface area contributed by atoms with Crippen molar-refractivity contribution in [3.05, 3.63) is 60.9 Å². The van der Waals surface area contributed by atoms with Crippen molar-refractivity contribution in [1.29, 1.82) is 0 Å². The van der Waals surface area contributed by atoms with Crippen molar-refractivity contribution in [2.45, 2.75) is 45.4 Å². The van der Waals surface area contributed by atoms with Gasteiger partial charge in [0.1, 0.15) is 10.4 Å². The molecule has 0 spiro atoms. The smallest absolute Gasteiger partial charge is 0.328 e. The van der Waals surface area contributed by atoms with Gasteiger partial charge in [-0.25, -0.2) is 9.78 Å². The van der Waals surface area contributed by atoms with E-state index in [1.807, 2.05) is 13.0 Å². The molecule has 1 aliphatic heterocycles. The van der Waals surface area contributed by atoms with Crippen LogP contribution in [0.4, 0.5) is 0 Å². The second-order valence-electron chi connectivity index (χ2n) is 8.15. The maximum atomic E-state index is 12.5. The Bertz CT molecular complexity index is 1280. The van der Waals surface area contributed by atoms with Crippen LogP contribution in [-0.2, 0) is 18.7 Å². The van der Waals surface area contributed by atoms with Gasteiger partial charge in [-0.3, -0.25) is 19.1 Å². The van der Waals surface area contributed by atoms with Crippen molar-refractivity contribution in [3.8, 4) is 0 Å². The summed E-state index contributed by atoms with van der Waals surface area (Å²) in [5.74, 6) is -0.253. The van der Waals surface area contributed by atoms with Crippen molar-refractivity contribution in [3.63, 3.8) is 0 Å². The van der Waals surface area contributed by atoms with E-state index in [0.29, 0.717) is 60.6 Å². The lowest BCUT2D eigenvalue weighted by atomic mass is 9.83. The highest BCUT2D eigenvalue weighted by Gasteiger charge is 2.35. The Balaban J connectivity index is 1.48. The first kappa shape index (κ1) is 22.4. The third-order valence-corrected chi connectivity index (χ3v) is 7.24. The Hall–Kier alpha value is -2.82. The number of thiophene rings is 1. The zero-order valence-electron chi connectivity index (χ0n) is 18.4. The Labute approximate surface area is 188 Å². The predicted octanol–water partition coefficient (Wildman–Crippen LogP) is 1.32. The van der Waals surface area contributed by atoms with Crippen LogP contribution >= 0.6 is 11.3 Å². The second kappa shape index (κ2) is 8.61. The summed E-state index contributed by atoms with van der Waals surface area (Å²) in [5, 5.41) is 13.8. The third kappa shape index (κ3) is 4.01. The van der Waals surface area contributed by atoms with Crippen LogP contribution in [0, 0.1) is 6.92 Å². The number of aliphatic hydroxyl groups is 1. The van der Waals surface area contributed by atoms with E-state index in [2.05, 4.69) is 20.2 Å². The maximum absolute atomic E-state index is 12.5. The zero-order valence-corrected chi connectivity index (χ0v) is 19.2. The van der Waals surface area contributed by atoms with Gasteiger partial charge >= 0.3 is 5.69 Å².